The highest BCUT2D eigenvalue weighted by molar-refractivity contribution is 9.10. The molecule has 9 heteroatoms. The molecule has 1 aromatic heterocycles. The van der Waals surface area contributed by atoms with Gasteiger partial charge >= 0.3 is 0 Å². The molecule has 8 nitrogen and oxygen atoms in total. The van der Waals surface area contributed by atoms with Gasteiger partial charge < -0.3 is 26.1 Å². The molecule has 0 bridgehead atoms. The summed E-state index contributed by atoms with van der Waals surface area (Å²) < 4.78 is 2.90. The molecule has 1 rings (SSSR count). The predicted octanol–water partition coefficient (Wildman–Crippen LogP) is 3.28. The Morgan fingerprint density at radius 3 is 2.53 bits per heavy atom. The number of aliphatic hydroxyl groups is 1. The SMILES string of the molecule is CC/C=C(C)/C(=C\c1cc(Br)cn1N(CCCO)CCNC)C(=O)NC/C(C=O)=C(C)/C=C(/C)NC. The molecule has 0 radical (unpaired) electrons. The lowest BCUT2D eigenvalue weighted by Gasteiger charge is -2.27. The van der Waals surface area contributed by atoms with Gasteiger partial charge in [-0.15, -0.1) is 0 Å². The van der Waals surface area contributed by atoms with E-state index in [-0.39, 0.29) is 19.1 Å². The smallest absolute Gasteiger partial charge is 0.251 e. The number of aromatic nitrogens is 1. The molecule has 0 aliphatic rings. The predicted molar refractivity (Wildman–Crippen MR) is 152 cm³/mol. The highest BCUT2D eigenvalue weighted by atomic mass is 79.9. The number of aliphatic hydroxyl groups excluding tert-OH is 1. The zero-order valence-corrected chi connectivity index (χ0v) is 24.0. The van der Waals surface area contributed by atoms with Crippen LogP contribution in [-0.4, -0.2) is 68.9 Å². The van der Waals surface area contributed by atoms with E-state index < -0.39 is 0 Å². The average Bonchev–Trinajstić information content (AvgIpc) is 3.22. The summed E-state index contributed by atoms with van der Waals surface area (Å²) in [6, 6.07) is 1.96. The summed E-state index contributed by atoms with van der Waals surface area (Å²) in [5.41, 5.74) is 4.46. The Balaban J connectivity index is 3.38. The van der Waals surface area contributed by atoms with E-state index in [1.807, 2.05) is 77.0 Å². The van der Waals surface area contributed by atoms with Crippen LogP contribution < -0.4 is 21.0 Å². The van der Waals surface area contributed by atoms with Crippen molar-refractivity contribution in [3.8, 4) is 0 Å². The molecule has 0 aliphatic heterocycles. The number of hydrogen-bond acceptors (Lipinski definition) is 6. The number of amides is 1. The maximum absolute atomic E-state index is 13.4. The van der Waals surface area contributed by atoms with Crippen LogP contribution in [0.3, 0.4) is 0 Å². The summed E-state index contributed by atoms with van der Waals surface area (Å²) in [6.45, 7) is 10.1. The minimum absolute atomic E-state index is 0.102. The number of hydrogen-bond donors (Lipinski definition) is 4. The summed E-state index contributed by atoms with van der Waals surface area (Å²) in [5.74, 6) is -0.250. The summed E-state index contributed by atoms with van der Waals surface area (Å²) in [7, 11) is 3.72. The fourth-order valence-corrected chi connectivity index (χ4v) is 4.00. The second kappa shape index (κ2) is 16.9. The lowest BCUT2D eigenvalue weighted by Crippen LogP contribution is -2.40. The molecule has 200 valence electrons. The first-order valence-corrected chi connectivity index (χ1v) is 13.1. The molecule has 1 heterocycles. The highest BCUT2D eigenvalue weighted by Gasteiger charge is 2.16. The van der Waals surface area contributed by atoms with Crippen LogP contribution in [0.2, 0.25) is 0 Å². The van der Waals surface area contributed by atoms with Crippen molar-refractivity contribution in [3.05, 3.63) is 62.6 Å². The van der Waals surface area contributed by atoms with Crippen LogP contribution in [0.1, 0.15) is 46.2 Å². The van der Waals surface area contributed by atoms with Gasteiger partial charge in [-0.05, 0) is 86.0 Å². The van der Waals surface area contributed by atoms with Gasteiger partial charge in [-0.25, -0.2) is 0 Å². The van der Waals surface area contributed by atoms with E-state index in [0.717, 1.165) is 52.8 Å². The Morgan fingerprint density at radius 1 is 1.22 bits per heavy atom. The van der Waals surface area contributed by atoms with Crippen LogP contribution in [0.25, 0.3) is 6.08 Å². The quantitative estimate of drug-likeness (QED) is 0.140. The van der Waals surface area contributed by atoms with Crippen LogP contribution in [0.15, 0.2) is 56.9 Å². The van der Waals surface area contributed by atoms with Gasteiger partial charge in [-0.3, -0.25) is 14.3 Å². The highest BCUT2D eigenvalue weighted by Crippen LogP contribution is 2.22. The molecule has 0 saturated heterocycles. The fraction of sp³-hybridized carbons (Fsp3) is 0.481. The monoisotopic (exact) mass is 563 g/mol. The molecule has 0 fully saturated rings. The number of allylic oxidation sites excluding steroid dienone is 4. The van der Waals surface area contributed by atoms with E-state index >= 15 is 0 Å². The van der Waals surface area contributed by atoms with Crippen LogP contribution in [0.4, 0.5) is 0 Å². The van der Waals surface area contributed by atoms with E-state index in [1.165, 1.54) is 0 Å². The molecule has 0 unspecified atom stereocenters. The molecule has 0 aromatic carbocycles. The van der Waals surface area contributed by atoms with Crippen LogP contribution >= 0.6 is 15.9 Å². The van der Waals surface area contributed by atoms with Gasteiger partial charge in [0.1, 0.15) is 6.29 Å². The number of rotatable bonds is 16. The molecule has 0 aliphatic carbocycles. The van der Waals surface area contributed by atoms with Crippen molar-refractivity contribution < 1.29 is 14.7 Å². The second-order valence-electron chi connectivity index (χ2n) is 8.50. The van der Waals surface area contributed by atoms with E-state index in [0.29, 0.717) is 24.1 Å². The minimum atomic E-state index is -0.250. The summed E-state index contributed by atoms with van der Waals surface area (Å²) in [5, 5.41) is 20.6. The lowest BCUT2D eigenvalue weighted by molar-refractivity contribution is -0.117. The molecule has 4 N–H and O–H groups in total. The average molecular weight is 565 g/mol. The Labute approximate surface area is 224 Å². The molecule has 1 aromatic rings. The van der Waals surface area contributed by atoms with Gasteiger partial charge in [0.05, 0.1) is 5.69 Å². The van der Waals surface area contributed by atoms with Gasteiger partial charge in [0.25, 0.3) is 5.91 Å². The van der Waals surface area contributed by atoms with Crippen molar-refractivity contribution in [2.24, 2.45) is 0 Å². The van der Waals surface area contributed by atoms with E-state index in [9.17, 15) is 14.7 Å². The number of carbonyl (C=O) groups is 2. The van der Waals surface area contributed by atoms with Crippen molar-refractivity contribution in [1.29, 1.82) is 0 Å². The van der Waals surface area contributed by atoms with Crippen LogP contribution in [0.5, 0.6) is 0 Å². The van der Waals surface area contributed by atoms with Crippen molar-refractivity contribution >= 4 is 34.2 Å². The number of halogens is 1. The zero-order valence-electron chi connectivity index (χ0n) is 22.4. The number of aldehydes is 1. The van der Waals surface area contributed by atoms with E-state index in [4.69, 9.17) is 0 Å². The minimum Gasteiger partial charge on any atom is -0.396 e. The number of nitrogens with zero attached hydrogens (tertiary/aromatic N) is 2. The van der Waals surface area contributed by atoms with Crippen LogP contribution in [-0.2, 0) is 9.59 Å². The molecular formula is C27H42BrN5O3. The van der Waals surface area contributed by atoms with Gasteiger partial charge in [0.2, 0.25) is 0 Å². The Morgan fingerprint density at radius 2 is 1.94 bits per heavy atom. The third-order valence-corrected chi connectivity index (χ3v) is 6.12. The number of carbonyl (C=O) groups excluding carboxylic acids is 2. The molecule has 36 heavy (non-hydrogen) atoms. The van der Waals surface area contributed by atoms with Crippen molar-refractivity contribution in [2.75, 3.05) is 51.9 Å². The topological polar surface area (TPSA) is 98.6 Å². The fourth-order valence-electron chi connectivity index (χ4n) is 3.57. The first kappa shape index (κ1) is 31.4. The molecular weight excluding hydrogens is 522 g/mol. The van der Waals surface area contributed by atoms with E-state index in [1.54, 1.807) is 0 Å². The number of nitrogens with one attached hydrogen (secondary N) is 3. The van der Waals surface area contributed by atoms with Crippen molar-refractivity contribution in [1.82, 2.24) is 20.6 Å². The van der Waals surface area contributed by atoms with Gasteiger partial charge in [0.15, 0.2) is 0 Å². The van der Waals surface area contributed by atoms with Crippen LogP contribution in [0, 0.1) is 0 Å². The number of likely N-dealkylation sites (N-methyl/N-ethyl adjacent to an activating group) is 1. The normalized spacial score (nSPS) is 13.4. The van der Waals surface area contributed by atoms with Gasteiger partial charge in [-0.2, -0.15) is 0 Å². The van der Waals surface area contributed by atoms with E-state index in [2.05, 4.69) is 36.9 Å². The maximum atomic E-state index is 13.4. The van der Waals surface area contributed by atoms with Gasteiger partial charge in [0, 0.05) is 67.3 Å². The lowest BCUT2D eigenvalue weighted by atomic mass is 10.0. The Hall–Kier alpha value is -2.62. The largest absolute Gasteiger partial charge is 0.396 e. The molecule has 0 spiro atoms. The Kier molecular flexibility index (Phi) is 14.8. The third kappa shape index (κ3) is 10.2. The molecule has 1 amide bonds. The Bertz CT molecular complexity index is 984. The second-order valence-corrected chi connectivity index (χ2v) is 9.42. The summed E-state index contributed by atoms with van der Waals surface area (Å²) >= 11 is 3.57. The maximum Gasteiger partial charge on any atom is 0.251 e. The van der Waals surface area contributed by atoms with Gasteiger partial charge in [-0.1, -0.05) is 13.0 Å². The first-order valence-electron chi connectivity index (χ1n) is 12.3. The summed E-state index contributed by atoms with van der Waals surface area (Å²) in [6.07, 6.45) is 9.93. The van der Waals surface area contributed by atoms with Crippen molar-refractivity contribution in [3.63, 3.8) is 0 Å². The molecule has 0 saturated carbocycles. The standard InChI is InChI=1S/C27H42BrN5O3/c1-7-9-20(2)26(27(36)31-17-23(19-35)21(3)14-22(4)30-6)16-25-15-24(28)18-33(25)32(11-8-13-34)12-10-29-5/h9,14-16,18-19,29-30,34H,7-8,10-13,17H2,1-6H3,(H,31,36)/b20-9+,22-14-,23-21-,26-16+. The zero-order chi connectivity index (χ0) is 27.1. The van der Waals surface area contributed by atoms with Crippen molar-refractivity contribution in [2.45, 2.75) is 40.5 Å². The molecule has 0 atom stereocenters. The summed E-state index contributed by atoms with van der Waals surface area (Å²) in [4.78, 5) is 25.1. The third-order valence-electron chi connectivity index (χ3n) is 5.68. The first-order chi connectivity index (χ1) is 17.2.